The molecule has 6 nitrogen and oxygen atoms in total. The topological polar surface area (TPSA) is 68.8 Å². The molecule has 26 heavy (non-hydrogen) atoms. The van der Waals surface area contributed by atoms with Crippen LogP contribution in [0.15, 0.2) is 48.5 Å². The van der Waals surface area contributed by atoms with Crippen LogP contribution in [0.25, 0.3) is 0 Å². The Hall–Kier alpha value is -2.64. The van der Waals surface area contributed by atoms with Crippen molar-refractivity contribution in [1.29, 1.82) is 0 Å². The lowest BCUT2D eigenvalue weighted by molar-refractivity contribution is 0.0977. The molecule has 0 radical (unpaired) electrons. The number of anilines is 1. The number of benzene rings is 2. The second kappa shape index (κ2) is 10.4. The largest absolute Gasteiger partial charge is 0.494 e. The van der Waals surface area contributed by atoms with E-state index in [4.69, 9.17) is 26.4 Å². The molecule has 0 saturated carbocycles. The van der Waals surface area contributed by atoms with Crippen molar-refractivity contribution in [2.75, 3.05) is 32.2 Å². The van der Waals surface area contributed by atoms with E-state index in [-0.39, 0.29) is 11.0 Å². The first-order valence-electron chi connectivity index (χ1n) is 8.19. The van der Waals surface area contributed by atoms with Crippen LogP contribution in [0.2, 0.25) is 0 Å². The molecule has 0 fully saturated rings. The van der Waals surface area contributed by atoms with Gasteiger partial charge in [0.05, 0.1) is 13.2 Å². The molecule has 2 aromatic rings. The van der Waals surface area contributed by atoms with Gasteiger partial charge in [0.1, 0.15) is 18.1 Å². The van der Waals surface area contributed by atoms with Crippen LogP contribution in [0.3, 0.4) is 0 Å². The highest BCUT2D eigenvalue weighted by atomic mass is 32.1. The molecule has 0 bridgehead atoms. The standard InChI is InChI=1S/C19H22N2O4S/c1-3-24-16-8-4-6-14(12-16)18(22)21-19(26)20-15-7-5-9-17(13-15)25-11-10-23-2/h4-9,12-13H,3,10-11H2,1-2H3,(H2,20,21,22,26). The SMILES string of the molecule is CCOc1cccc(C(=O)NC(=S)Nc2cccc(OCCOC)c2)c1. The normalized spacial score (nSPS) is 10.1. The Labute approximate surface area is 158 Å². The lowest BCUT2D eigenvalue weighted by Crippen LogP contribution is -2.34. The molecule has 0 heterocycles. The minimum Gasteiger partial charge on any atom is -0.494 e. The highest BCUT2D eigenvalue weighted by molar-refractivity contribution is 7.80. The Balaban J connectivity index is 1.92. The monoisotopic (exact) mass is 374 g/mol. The van der Waals surface area contributed by atoms with Crippen molar-refractivity contribution in [2.24, 2.45) is 0 Å². The third kappa shape index (κ3) is 6.34. The fraction of sp³-hybridized carbons (Fsp3) is 0.263. The summed E-state index contributed by atoms with van der Waals surface area (Å²) >= 11 is 5.21. The molecule has 0 atom stereocenters. The maximum atomic E-state index is 12.3. The maximum Gasteiger partial charge on any atom is 0.257 e. The van der Waals surface area contributed by atoms with Gasteiger partial charge in [0.25, 0.3) is 5.91 Å². The van der Waals surface area contributed by atoms with E-state index < -0.39 is 0 Å². The summed E-state index contributed by atoms with van der Waals surface area (Å²) in [6.45, 7) is 3.39. The van der Waals surface area contributed by atoms with Gasteiger partial charge in [-0.1, -0.05) is 12.1 Å². The first kappa shape index (κ1) is 19.7. The summed E-state index contributed by atoms with van der Waals surface area (Å²) in [6.07, 6.45) is 0. The van der Waals surface area contributed by atoms with Crippen LogP contribution in [0.5, 0.6) is 11.5 Å². The van der Waals surface area contributed by atoms with E-state index in [0.29, 0.717) is 42.6 Å². The Morgan fingerprint density at radius 1 is 1.04 bits per heavy atom. The lowest BCUT2D eigenvalue weighted by Gasteiger charge is -2.12. The number of thiocarbonyl (C=S) groups is 1. The second-order valence-electron chi connectivity index (χ2n) is 5.24. The average molecular weight is 374 g/mol. The van der Waals surface area contributed by atoms with E-state index in [0.717, 1.165) is 0 Å². The van der Waals surface area contributed by atoms with Gasteiger partial charge in [0, 0.05) is 24.4 Å². The quantitative estimate of drug-likeness (QED) is 0.546. The van der Waals surface area contributed by atoms with Gasteiger partial charge >= 0.3 is 0 Å². The van der Waals surface area contributed by atoms with Gasteiger partial charge in [-0.15, -0.1) is 0 Å². The summed E-state index contributed by atoms with van der Waals surface area (Å²) in [4.78, 5) is 12.3. The Kier molecular flexibility index (Phi) is 7.85. The number of nitrogens with one attached hydrogen (secondary N) is 2. The molecular weight excluding hydrogens is 352 g/mol. The van der Waals surface area contributed by atoms with Crippen LogP contribution in [0, 0.1) is 0 Å². The molecule has 0 saturated heterocycles. The van der Waals surface area contributed by atoms with Crippen molar-refractivity contribution in [3.8, 4) is 11.5 Å². The molecule has 0 spiro atoms. The molecule has 138 valence electrons. The molecule has 0 aromatic heterocycles. The zero-order chi connectivity index (χ0) is 18.8. The number of ether oxygens (including phenoxy) is 3. The molecule has 0 unspecified atom stereocenters. The summed E-state index contributed by atoms with van der Waals surface area (Å²) in [6, 6.07) is 14.2. The van der Waals surface area contributed by atoms with Crippen molar-refractivity contribution in [3.05, 3.63) is 54.1 Å². The number of amides is 1. The first-order valence-corrected chi connectivity index (χ1v) is 8.60. The van der Waals surface area contributed by atoms with Crippen LogP contribution in [0.4, 0.5) is 5.69 Å². The predicted molar refractivity (Wildman–Crippen MR) is 105 cm³/mol. The fourth-order valence-corrected chi connectivity index (χ4v) is 2.35. The maximum absolute atomic E-state index is 12.3. The van der Waals surface area contributed by atoms with Crippen LogP contribution < -0.4 is 20.1 Å². The Bertz CT molecular complexity index is 752. The number of methoxy groups -OCH3 is 1. The third-order valence-corrected chi connectivity index (χ3v) is 3.49. The molecule has 0 aliphatic carbocycles. The lowest BCUT2D eigenvalue weighted by atomic mass is 10.2. The molecular formula is C19H22N2O4S. The van der Waals surface area contributed by atoms with Crippen LogP contribution in [0.1, 0.15) is 17.3 Å². The minimum atomic E-state index is -0.309. The third-order valence-electron chi connectivity index (χ3n) is 3.28. The predicted octanol–water partition coefficient (Wildman–Crippen LogP) is 3.24. The highest BCUT2D eigenvalue weighted by Gasteiger charge is 2.09. The summed E-state index contributed by atoms with van der Waals surface area (Å²) in [7, 11) is 1.62. The van der Waals surface area contributed by atoms with E-state index in [1.165, 1.54) is 0 Å². The van der Waals surface area contributed by atoms with E-state index in [9.17, 15) is 4.79 Å². The summed E-state index contributed by atoms with van der Waals surface area (Å²) in [5.41, 5.74) is 1.19. The Morgan fingerprint density at radius 2 is 1.77 bits per heavy atom. The van der Waals surface area contributed by atoms with Gasteiger partial charge in [-0.25, -0.2) is 0 Å². The van der Waals surface area contributed by atoms with Gasteiger partial charge in [-0.05, 0) is 49.5 Å². The molecule has 0 aliphatic heterocycles. The van der Waals surface area contributed by atoms with Gasteiger partial charge in [-0.2, -0.15) is 0 Å². The molecule has 2 N–H and O–H groups in total. The van der Waals surface area contributed by atoms with Gasteiger partial charge in [-0.3, -0.25) is 10.1 Å². The van der Waals surface area contributed by atoms with Crippen molar-refractivity contribution in [2.45, 2.75) is 6.92 Å². The number of carbonyl (C=O) groups excluding carboxylic acids is 1. The number of hydrogen-bond donors (Lipinski definition) is 2. The van der Waals surface area contributed by atoms with E-state index in [1.807, 2.05) is 25.1 Å². The first-order chi connectivity index (χ1) is 12.6. The average Bonchev–Trinajstić information content (AvgIpc) is 2.63. The van der Waals surface area contributed by atoms with Crippen LogP contribution >= 0.6 is 12.2 Å². The highest BCUT2D eigenvalue weighted by Crippen LogP contribution is 2.17. The Morgan fingerprint density at radius 3 is 2.50 bits per heavy atom. The fourth-order valence-electron chi connectivity index (χ4n) is 2.14. The van der Waals surface area contributed by atoms with Crippen LogP contribution in [-0.2, 0) is 4.74 Å². The number of carbonyl (C=O) groups is 1. The van der Waals surface area contributed by atoms with E-state index >= 15 is 0 Å². The van der Waals surface area contributed by atoms with E-state index in [1.54, 1.807) is 37.4 Å². The molecule has 0 aliphatic rings. The zero-order valence-electron chi connectivity index (χ0n) is 14.8. The number of rotatable bonds is 8. The summed E-state index contributed by atoms with van der Waals surface area (Å²) in [5, 5.41) is 5.82. The van der Waals surface area contributed by atoms with Crippen molar-refractivity contribution < 1.29 is 19.0 Å². The molecule has 1 amide bonds. The molecule has 2 aromatic carbocycles. The van der Waals surface area contributed by atoms with Crippen molar-refractivity contribution >= 4 is 28.9 Å². The minimum absolute atomic E-state index is 0.200. The molecule has 7 heteroatoms. The van der Waals surface area contributed by atoms with Gasteiger partial charge in [0.15, 0.2) is 5.11 Å². The van der Waals surface area contributed by atoms with Gasteiger partial charge < -0.3 is 19.5 Å². The zero-order valence-corrected chi connectivity index (χ0v) is 15.6. The number of hydrogen-bond acceptors (Lipinski definition) is 5. The molecule has 2 rings (SSSR count). The van der Waals surface area contributed by atoms with Gasteiger partial charge in [0.2, 0.25) is 0 Å². The smallest absolute Gasteiger partial charge is 0.257 e. The van der Waals surface area contributed by atoms with Crippen LogP contribution in [-0.4, -0.2) is 38.0 Å². The summed E-state index contributed by atoms with van der Waals surface area (Å²) < 4.78 is 15.9. The van der Waals surface area contributed by atoms with Crippen molar-refractivity contribution in [3.63, 3.8) is 0 Å². The van der Waals surface area contributed by atoms with Crippen molar-refractivity contribution in [1.82, 2.24) is 5.32 Å². The summed E-state index contributed by atoms with van der Waals surface area (Å²) in [5.74, 6) is 1.02. The second-order valence-corrected chi connectivity index (χ2v) is 5.65. The van der Waals surface area contributed by atoms with E-state index in [2.05, 4.69) is 10.6 Å².